The second kappa shape index (κ2) is 7.09. The van der Waals surface area contributed by atoms with Crippen molar-refractivity contribution in [2.45, 2.75) is 6.92 Å². The summed E-state index contributed by atoms with van der Waals surface area (Å²) in [7, 11) is 0. The van der Waals surface area contributed by atoms with Crippen molar-refractivity contribution < 1.29 is 9.90 Å². The molecule has 0 aromatic rings. The molecule has 0 rings (SSSR count). The van der Waals surface area contributed by atoms with Crippen LogP contribution in [0.15, 0.2) is 36.4 Å². The first-order chi connectivity index (χ1) is 4.91. The monoisotopic (exact) mass is 174 g/mol. The lowest BCUT2D eigenvalue weighted by molar-refractivity contribution is -0.132. The van der Waals surface area contributed by atoms with Crippen LogP contribution < -0.4 is 0 Å². The second-order valence-electron chi connectivity index (χ2n) is 1.74. The Morgan fingerprint density at radius 3 is 1.73 bits per heavy atom. The molecule has 11 heavy (non-hydrogen) atoms. The van der Waals surface area contributed by atoms with E-state index >= 15 is 0 Å². The summed E-state index contributed by atoms with van der Waals surface area (Å²) in [5, 5.41) is 8.38. The van der Waals surface area contributed by atoms with E-state index in [2.05, 4.69) is 19.7 Å². The quantitative estimate of drug-likeness (QED) is 0.516. The van der Waals surface area contributed by atoms with Gasteiger partial charge in [0.1, 0.15) is 0 Å². The van der Waals surface area contributed by atoms with Gasteiger partial charge in [0.25, 0.3) is 0 Å². The average Bonchev–Trinajstić information content (AvgIpc) is 1.89. The fourth-order valence-electron chi connectivity index (χ4n) is 0. The van der Waals surface area contributed by atoms with Crippen LogP contribution in [0.4, 0.5) is 0 Å². The van der Waals surface area contributed by atoms with Gasteiger partial charge in [0.05, 0.1) is 0 Å². The summed E-state index contributed by atoms with van der Waals surface area (Å²) in [6, 6.07) is 0. The van der Waals surface area contributed by atoms with Gasteiger partial charge in [-0.1, -0.05) is 37.4 Å². The molecule has 0 fully saturated rings. The third-order valence-corrected chi connectivity index (χ3v) is 0.741. The summed E-state index contributed by atoms with van der Waals surface area (Å²) in [6.07, 6.45) is 1.49. The Hall–Kier alpha value is -1.02. The van der Waals surface area contributed by atoms with Crippen LogP contribution in [-0.2, 0) is 4.79 Å². The number of hydrogen-bond acceptors (Lipinski definition) is 1. The molecule has 0 aromatic carbocycles. The molecule has 0 aromatic heterocycles. The molecule has 2 nitrogen and oxygen atoms in total. The molecule has 0 unspecified atom stereocenters. The standard InChI is InChI=1S/C4H5Cl.C4H6O2/c1-3-4(2)5;1-3(2)4(5)6/h3H,1-2H2;1H2,2H3,(H,5,6). The van der Waals surface area contributed by atoms with E-state index in [1.165, 1.54) is 13.0 Å². The molecule has 0 spiro atoms. The summed E-state index contributed by atoms with van der Waals surface area (Å²) < 4.78 is 0. The van der Waals surface area contributed by atoms with Crippen LogP contribution in [0, 0.1) is 0 Å². The smallest absolute Gasteiger partial charge is 0.330 e. The van der Waals surface area contributed by atoms with Gasteiger partial charge in [-0.15, -0.1) is 0 Å². The number of carbonyl (C=O) groups is 1. The summed E-state index contributed by atoms with van der Waals surface area (Å²) in [5.74, 6) is -0.935. The Kier molecular flexibility index (Phi) is 8.15. The summed E-state index contributed by atoms with van der Waals surface area (Å²) in [6.45, 7) is 11.3. The van der Waals surface area contributed by atoms with E-state index in [4.69, 9.17) is 16.7 Å². The van der Waals surface area contributed by atoms with Crippen LogP contribution in [0.2, 0.25) is 0 Å². The Morgan fingerprint density at radius 1 is 1.55 bits per heavy atom. The van der Waals surface area contributed by atoms with Crippen molar-refractivity contribution >= 4 is 17.6 Å². The van der Waals surface area contributed by atoms with Crippen molar-refractivity contribution in [1.82, 2.24) is 0 Å². The zero-order valence-electron chi connectivity index (χ0n) is 6.43. The molecule has 0 aliphatic heterocycles. The molecule has 0 aliphatic rings. The normalized spacial score (nSPS) is 7.09. The third kappa shape index (κ3) is 17.6. The Labute approximate surface area is 71.5 Å². The van der Waals surface area contributed by atoms with Crippen molar-refractivity contribution in [3.63, 3.8) is 0 Å². The molecule has 1 N–H and O–H groups in total. The van der Waals surface area contributed by atoms with Crippen LogP contribution >= 0.6 is 11.6 Å². The predicted octanol–water partition coefficient (Wildman–Crippen LogP) is 2.57. The van der Waals surface area contributed by atoms with E-state index in [1.807, 2.05) is 0 Å². The second-order valence-corrected chi connectivity index (χ2v) is 2.22. The molecule has 0 atom stereocenters. The molecule has 0 heterocycles. The molecular formula is C8H11ClO2. The first-order valence-corrected chi connectivity index (χ1v) is 3.15. The maximum absolute atomic E-state index is 9.60. The van der Waals surface area contributed by atoms with Crippen LogP contribution in [-0.4, -0.2) is 11.1 Å². The fourth-order valence-corrected chi connectivity index (χ4v) is 0. The molecule has 0 aliphatic carbocycles. The van der Waals surface area contributed by atoms with E-state index in [0.29, 0.717) is 5.03 Å². The van der Waals surface area contributed by atoms with E-state index in [-0.39, 0.29) is 5.57 Å². The molecule has 0 radical (unpaired) electrons. The van der Waals surface area contributed by atoms with E-state index in [9.17, 15) is 4.79 Å². The van der Waals surface area contributed by atoms with Crippen molar-refractivity contribution in [1.29, 1.82) is 0 Å². The topological polar surface area (TPSA) is 37.3 Å². The number of carboxylic acids is 1. The van der Waals surface area contributed by atoms with Gasteiger partial charge in [0, 0.05) is 10.6 Å². The van der Waals surface area contributed by atoms with Gasteiger partial charge < -0.3 is 5.11 Å². The van der Waals surface area contributed by atoms with E-state index < -0.39 is 5.97 Å². The lowest BCUT2D eigenvalue weighted by Gasteiger charge is -1.79. The molecule has 3 heteroatoms. The fraction of sp³-hybridized carbons (Fsp3) is 0.125. The summed E-state index contributed by atoms with van der Waals surface area (Å²) in [4.78, 5) is 9.60. The van der Waals surface area contributed by atoms with Crippen molar-refractivity contribution in [2.75, 3.05) is 0 Å². The van der Waals surface area contributed by atoms with Crippen molar-refractivity contribution in [2.24, 2.45) is 0 Å². The van der Waals surface area contributed by atoms with Crippen LogP contribution in [0.5, 0.6) is 0 Å². The van der Waals surface area contributed by atoms with Crippen LogP contribution in [0.25, 0.3) is 0 Å². The lowest BCUT2D eigenvalue weighted by atomic mass is 10.4. The van der Waals surface area contributed by atoms with Gasteiger partial charge in [0.15, 0.2) is 0 Å². The minimum absolute atomic E-state index is 0.176. The third-order valence-electron chi connectivity index (χ3n) is 0.587. The van der Waals surface area contributed by atoms with Gasteiger partial charge in [-0.3, -0.25) is 0 Å². The SMILES string of the molecule is C=C(C)C(=O)O.C=CC(=C)Cl. The molecule has 0 bridgehead atoms. The number of halogens is 1. The van der Waals surface area contributed by atoms with E-state index in [1.54, 1.807) is 0 Å². The zero-order chi connectivity index (χ0) is 9.44. The van der Waals surface area contributed by atoms with Crippen molar-refractivity contribution in [3.05, 3.63) is 36.4 Å². The minimum atomic E-state index is -0.935. The number of rotatable bonds is 2. The number of aliphatic carboxylic acids is 1. The van der Waals surface area contributed by atoms with Gasteiger partial charge in [-0.05, 0) is 6.92 Å². The predicted molar refractivity (Wildman–Crippen MR) is 47.6 cm³/mol. The average molecular weight is 175 g/mol. The first kappa shape index (κ1) is 12.6. The minimum Gasteiger partial charge on any atom is -0.478 e. The van der Waals surface area contributed by atoms with Gasteiger partial charge in [0.2, 0.25) is 0 Å². The van der Waals surface area contributed by atoms with E-state index in [0.717, 1.165) is 0 Å². The zero-order valence-corrected chi connectivity index (χ0v) is 7.19. The van der Waals surface area contributed by atoms with Crippen LogP contribution in [0.3, 0.4) is 0 Å². The Bertz CT molecular complexity index is 171. The Morgan fingerprint density at radius 2 is 1.73 bits per heavy atom. The molecular weight excluding hydrogens is 164 g/mol. The van der Waals surface area contributed by atoms with Gasteiger partial charge >= 0.3 is 5.97 Å². The first-order valence-electron chi connectivity index (χ1n) is 2.77. The largest absolute Gasteiger partial charge is 0.478 e. The van der Waals surface area contributed by atoms with Crippen LogP contribution in [0.1, 0.15) is 6.92 Å². The molecule has 0 saturated heterocycles. The lowest BCUT2D eigenvalue weighted by Crippen LogP contribution is -1.92. The van der Waals surface area contributed by atoms with Crippen molar-refractivity contribution in [3.8, 4) is 0 Å². The van der Waals surface area contributed by atoms with Gasteiger partial charge in [-0.25, -0.2) is 4.79 Å². The maximum Gasteiger partial charge on any atom is 0.330 e. The molecule has 62 valence electrons. The highest BCUT2D eigenvalue weighted by molar-refractivity contribution is 6.30. The number of hydrogen-bond donors (Lipinski definition) is 1. The molecule has 0 saturated carbocycles. The highest BCUT2D eigenvalue weighted by Crippen LogP contribution is 1.92. The maximum atomic E-state index is 9.60. The summed E-state index contributed by atoms with van der Waals surface area (Å²) in [5.41, 5.74) is 0.176. The van der Waals surface area contributed by atoms with Gasteiger partial charge in [-0.2, -0.15) is 0 Å². The highest BCUT2D eigenvalue weighted by atomic mass is 35.5. The summed E-state index contributed by atoms with van der Waals surface area (Å²) >= 11 is 5.15. The number of carboxylic acid groups (broad SMARTS) is 1. The Balaban J connectivity index is 0. The number of allylic oxidation sites excluding steroid dienone is 2. The molecule has 0 amide bonds. The highest BCUT2D eigenvalue weighted by Gasteiger charge is 1.90.